The molecule has 0 bridgehead atoms. The highest BCUT2D eigenvalue weighted by Crippen LogP contribution is 2.29. The predicted octanol–water partition coefficient (Wildman–Crippen LogP) is 3.04. The highest BCUT2D eigenvalue weighted by Gasteiger charge is 2.24. The van der Waals surface area contributed by atoms with Crippen molar-refractivity contribution in [2.75, 3.05) is 46.0 Å². The van der Waals surface area contributed by atoms with E-state index in [1.165, 1.54) is 25.8 Å². The number of aromatic nitrogens is 1. The van der Waals surface area contributed by atoms with E-state index < -0.39 is 0 Å². The summed E-state index contributed by atoms with van der Waals surface area (Å²) in [5, 5.41) is 7.04. The summed E-state index contributed by atoms with van der Waals surface area (Å²) in [5.74, 6) is 3.08. The molecule has 1 aromatic rings. The highest BCUT2D eigenvalue weighted by atomic mass is 127. The van der Waals surface area contributed by atoms with Gasteiger partial charge in [-0.3, -0.25) is 0 Å². The summed E-state index contributed by atoms with van der Waals surface area (Å²) in [6.07, 6.45) is 7.93. The molecule has 8 heteroatoms. The van der Waals surface area contributed by atoms with Crippen LogP contribution in [0.5, 0.6) is 5.88 Å². The van der Waals surface area contributed by atoms with Crippen LogP contribution in [0.2, 0.25) is 0 Å². The van der Waals surface area contributed by atoms with E-state index in [9.17, 15) is 0 Å². The zero-order chi connectivity index (χ0) is 20.6. The Bertz CT molecular complexity index is 686. The Morgan fingerprint density at radius 2 is 2.06 bits per heavy atom. The normalized spacial score (nSPS) is 22.7. The van der Waals surface area contributed by atoms with E-state index in [-0.39, 0.29) is 24.0 Å². The number of pyridine rings is 1. The number of halogens is 1. The number of guanidine groups is 1. The minimum Gasteiger partial charge on any atom is -0.477 e. The smallest absolute Gasteiger partial charge is 0.213 e. The van der Waals surface area contributed by atoms with Crippen molar-refractivity contribution in [3.63, 3.8) is 0 Å². The average molecular weight is 543 g/mol. The number of piperidine rings is 1. The maximum atomic E-state index is 5.80. The Hall–Kier alpha value is -1.13. The zero-order valence-electron chi connectivity index (χ0n) is 18.7. The van der Waals surface area contributed by atoms with Gasteiger partial charge in [0.25, 0.3) is 0 Å². The van der Waals surface area contributed by atoms with Gasteiger partial charge in [-0.05, 0) is 62.5 Å². The molecule has 2 N–H and O–H groups in total. The molecule has 2 aliphatic heterocycles. The Kier molecular flexibility index (Phi) is 10.1. The Labute approximate surface area is 203 Å². The van der Waals surface area contributed by atoms with E-state index >= 15 is 0 Å². The second-order valence-corrected chi connectivity index (χ2v) is 8.90. The molecule has 1 aromatic heterocycles. The van der Waals surface area contributed by atoms with Gasteiger partial charge >= 0.3 is 0 Å². The van der Waals surface area contributed by atoms with E-state index in [1.54, 1.807) is 0 Å². The molecule has 1 saturated carbocycles. The van der Waals surface area contributed by atoms with Gasteiger partial charge in [0, 0.05) is 51.1 Å². The van der Waals surface area contributed by atoms with Crippen molar-refractivity contribution in [2.45, 2.75) is 51.6 Å². The first kappa shape index (κ1) is 24.5. The van der Waals surface area contributed by atoms with Crippen LogP contribution >= 0.6 is 24.0 Å². The Balaban J connectivity index is 0.00000272. The predicted molar refractivity (Wildman–Crippen MR) is 134 cm³/mol. The quantitative estimate of drug-likeness (QED) is 0.284. The average Bonchev–Trinajstić information content (AvgIpc) is 3.47. The molecule has 0 spiro atoms. The van der Waals surface area contributed by atoms with Gasteiger partial charge in [0.15, 0.2) is 5.96 Å². The van der Waals surface area contributed by atoms with Crippen molar-refractivity contribution in [3.05, 3.63) is 23.9 Å². The van der Waals surface area contributed by atoms with Crippen LogP contribution in [0, 0.1) is 11.8 Å². The summed E-state index contributed by atoms with van der Waals surface area (Å²) in [7, 11) is 0. The standard InChI is InChI=1S/C23H37N5O2.HI/c1-2-24-23(26-14-19-5-9-25-22(13-19)30-17-18-3-4-18)27-21-6-10-28(11-7-21)15-20-8-12-29-16-20;/h5,9,13,18,20-21H,2-4,6-8,10-12,14-17H2,1H3,(H2,24,26,27);1H. The summed E-state index contributed by atoms with van der Waals surface area (Å²) in [6, 6.07) is 4.51. The first-order valence-electron chi connectivity index (χ1n) is 11.7. The molecule has 174 valence electrons. The molecule has 3 fully saturated rings. The van der Waals surface area contributed by atoms with Crippen LogP contribution in [-0.2, 0) is 11.3 Å². The topological polar surface area (TPSA) is 71.0 Å². The summed E-state index contributed by atoms with van der Waals surface area (Å²) >= 11 is 0. The van der Waals surface area contributed by atoms with Gasteiger partial charge in [0.05, 0.1) is 19.8 Å². The summed E-state index contributed by atoms with van der Waals surface area (Å²) in [4.78, 5) is 11.7. The Morgan fingerprint density at radius 3 is 2.77 bits per heavy atom. The summed E-state index contributed by atoms with van der Waals surface area (Å²) in [5.41, 5.74) is 1.13. The molecular formula is C23H38IN5O2. The van der Waals surface area contributed by atoms with Gasteiger partial charge in [0.1, 0.15) is 0 Å². The van der Waals surface area contributed by atoms with Crippen molar-refractivity contribution in [1.29, 1.82) is 0 Å². The maximum absolute atomic E-state index is 5.80. The van der Waals surface area contributed by atoms with E-state index in [0.717, 1.165) is 75.7 Å². The number of aliphatic imine (C=N–C) groups is 1. The first-order chi connectivity index (χ1) is 14.8. The van der Waals surface area contributed by atoms with Crippen LogP contribution in [0.15, 0.2) is 23.3 Å². The van der Waals surface area contributed by atoms with E-state index in [4.69, 9.17) is 14.5 Å². The minimum atomic E-state index is 0. The lowest BCUT2D eigenvalue weighted by Gasteiger charge is -2.34. The molecule has 1 atom stereocenters. The lowest BCUT2D eigenvalue weighted by atomic mass is 10.0. The fraction of sp³-hybridized carbons (Fsp3) is 0.739. The lowest BCUT2D eigenvalue weighted by molar-refractivity contribution is 0.150. The van der Waals surface area contributed by atoms with Crippen molar-refractivity contribution in [2.24, 2.45) is 16.8 Å². The molecule has 31 heavy (non-hydrogen) atoms. The van der Waals surface area contributed by atoms with Gasteiger partial charge in [-0.25, -0.2) is 9.98 Å². The van der Waals surface area contributed by atoms with E-state index in [2.05, 4.69) is 27.4 Å². The van der Waals surface area contributed by atoms with Crippen LogP contribution in [0.1, 0.15) is 44.6 Å². The third-order valence-electron chi connectivity index (χ3n) is 6.20. The monoisotopic (exact) mass is 543 g/mol. The molecule has 1 aliphatic carbocycles. The third-order valence-corrected chi connectivity index (χ3v) is 6.20. The molecule has 4 rings (SSSR count). The third kappa shape index (κ3) is 8.38. The van der Waals surface area contributed by atoms with Gasteiger partial charge in [-0.2, -0.15) is 0 Å². The minimum absolute atomic E-state index is 0. The van der Waals surface area contributed by atoms with Crippen LogP contribution in [0.3, 0.4) is 0 Å². The van der Waals surface area contributed by atoms with Gasteiger partial charge in [0.2, 0.25) is 5.88 Å². The van der Waals surface area contributed by atoms with Gasteiger partial charge < -0.3 is 25.0 Å². The SMILES string of the molecule is CCNC(=NCc1ccnc(OCC2CC2)c1)NC1CCN(CC2CCOC2)CC1.I. The van der Waals surface area contributed by atoms with Gasteiger partial charge in [-0.15, -0.1) is 24.0 Å². The van der Waals surface area contributed by atoms with Crippen molar-refractivity contribution >= 4 is 29.9 Å². The second kappa shape index (κ2) is 12.8. The number of nitrogens with zero attached hydrogens (tertiary/aromatic N) is 3. The molecule has 0 aromatic carbocycles. The molecular weight excluding hydrogens is 505 g/mol. The molecule has 7 nitrogen and oxygen atoms in total. The fourth-order valence-electron chi connectivity index (χ4n) is 4.15. The van der Waals surface area contributed by atoms with Crippen molar-refractivity contribution < 1.29 is 9.47 Å². The molecule has 1 unspecified atom stereocenters. The van der Waals surface area contributed by atoms with Crippen molar-refractivity contribution in [3.8, 4) is 5.88 Å². The van der Waals surface area contributed by atoms with E-state index in [0.29, 0.717) is 18.5 Å². The van der Waals surface area contributed by atoms with Crippen LogP contribution in [-0.4, -0.2) is 67.9 Å². The largest absolute Gasteiger partial charge is 0.477 e. The first-order valence-corrected chi connectivity index (χ1v) is 11.7. The fourth-order valence-corrected chi connectivity index (χ4v) is 4.15. The summed E-state index contributed by atoms with van der Waals surface area (Å²) < 4.78 is 11.3. The molecule has 3 heterocycles. The number of hydrogen-bond donors (Lipinski definition) is 2. The number of rotatable bonds is 9. The molecule has 3 aliphatic rings. The number of hydrogen-bond acceptors (Lipinski definition) is 5. The van der Waals surface area contributed by atoms with Crippen LogP contribution in [0.4, 0.5) is 0 Å². The van der Waals surface area contributed by atoms with Crippen LogP contribution in [0.25, 0.3) is 0 Å². The highest BCUT2D eigenvalue weighted by molar-refractivity contribution is 14.0. The molecule has 0 radical (unpaired) electrons. The zero-order valence-corrected chi connectivity index (χ0v) is 21.1. The van der Waals surface area contributed by atoms with E-state index in [1.807, 2.05) is 18.3 Å². The number of nitrogens with one attached hydrogen (secondary N) is 2. The molecule has 0 amide bonds. The van der Waals surface area contributed by atoms with Crippen LogP contribution < -0.4 is 15.4 Å². The maximum Gasteiger partial charge on any atom is 0.213 e. The lowest BCUT2D eigenvalue weighted by Crippen LogP contribution is -2.49. The van der Waals surface area contributed by atoms with Gasteiger partial charge in [-0.1, -0.05) is 0 Å². The van der Waals surface area contributed by atoms with Crippen molar-refractivity contribution in [1.82, 2.24) is 20.5 Å². The second-order valence-electron chi connectivity index (χ2n) is 8.90. The summed E-state index contributed by atoms with van der Waals surface area (Å²) in [6.45, 7) is 9.76. The molecule has 2 saturated heterocycles. The number of likely N-dealkylation sites (tertiary alicyclic amines) is 1. The number of ether oxygens (including phenoxy) is 2. The Morgan fingerprint density at radius 1 is 1.23 bits per heavy atom.